The fraction of sp³-hybridized carbons (Fsp3) is 0.533. The number of carboxylic acids is 1. The third kappa shape index (κ3) is 2.50. The standard InChI is InChI=1S/C15H17ClN2O3/c16-11-8-17-6-5-10(11)14(19)18-12-4-2-1-3-9(12)7-13(18)15(20)21/h5-6,8-9,12-13H,1-4,7H2,(H,20,21). The van der Waals surface area contributed by atoms with E-state index in [1.54, 1.807) is 11.0 Å². The molecule has 0 aromatic carbocycles. The minimum Gasteiger partial charge on any atom is -0.480 e. The van der Waals surface area contributed by atoms with Crippen LogP contribution in [0.5, 0.6) is 0 Å². The van der Waals surface area contributed by atoms with E-state index < -0.39 is 12.0 Å². The molecule has 1 amide bonds. The molecule has 1 aromatic heterocycles. The molecular weight excluding hydrogens is 292 g/mol. The van der Waals surface area contributed by atoms with Gasteiger partial charge in [-0.2, -0.15) is 0 Å². The number of amides is 1. The Balaban J connectivity index is 1.95. The molecule has 1 N–H and O–H groups in total. The number of aromatic nitrogens is 1. The van der Waals surface area contributed by atoms with Gasteiger partial charge in [-0.05, 0) is 31.2 Å². The number of carboxylic acid groups (broad SMARTS) is 1. The van der Waals surface area contributed by atoms with Crippen LogP contribution in [0.4, 0.5) is 0 Å². The van der Waals surface area contributed by atoms with Crippen LogP contribution in [0.15, 0.2) is 18.5 Å². The number of halogens is 1. The quantitative estimate of drug-likeness (QED) is 0.911. The van der Waals surface area contributed by atoms with Gasteiger partial charge in [-0.1, -0.05) is 24.4 Å². The molecule has 3 unspecified atom stereocenters. The smallest absolute Gasteiger partial charge is 0.326 e. The van der Waals surface area contributed by atoms with E-state index in [-0.39, 0.29) is 17.0 Å². The molecule has 1 aromatic rings. The van der Waals surface area contributed by atoms with Crippen LogP contribution in [0.25, 0.3) is 0 Å². The minimum atomic E-state index is -0.928. The molecule has 0 radical (unpaired) electrons. The normalized spacial score (nSPS) is 28.2. The highest BCUT2D eigenvalue weighted by atomic mass is 35.5. The zero-order valence-electron chi connectivity index (χ0n) is 11.5. The largest absolute Gasteiger partial charge is 0.480 e. The van der Waals surface area contributed by atoms with Crippen LogP contribution in [0, 0.1) is 5.92 Å². The first-order chi connectivity index (χ1) is 10.1. The number of fused-ring (bicyclic) bond motifs is 1. The van der Waals surface area contributed by atoms with E-state index in [2.05, 4.69) is 4.98 Å². The first-order valence-electron chi connectivity index (χ1n) is 7.24. The summed E-state index contributed by atoms with van der Waals surface area (Å²) in [5, 5.41) is 9.73. The highest BCUT2D eigenvalue weighted by Gasteiger charge is 2.47. The number of carbonyl (C=O) groups excluding carboxylic acids is 1. The van der Waals surface area contributed by atoms with Gasteiger partial charge >= 0.3 is 5.97 Å². The lowest BCUT2D eigenvalue weighted by atomic mass is 9.84. The predicted octanol–water partition coefficient (Wildman–Crippen LogP) is 2.59. The molecule has 3 rings (SSSR count). The van der Waals surface area contributed by atoms with Gasteiger partial charge in [-0.3, -0.25) is 9.78 Å². The first kappa shape index (κ1) is 14.3. The molecule has 1 aliphatic heterocycles. The summed E-state index contributed by atoms with van der Waals surface area (Å²) in [5.41, 5.74) is 0.337. The van der Waals surface area contributed by atoms with Gasteiger partial charge < -0.3 is 10.0 Å². The van der Waals surface area contributed by atoms with Gasteiger partial charge in [0.05, 0.1) is 10.6 Å². The number of rotatable bonds is 2. The Morgan fingerprint density at radius 3 is 2.81 bits per heavy atom. The lowest BCUT2D eigenvalue weighted by Crippen LogP contribution is -2.46. The third-order valence-corrected chi connectivity index (χ3v) is 4.91. The maximum absolute atomic E-state index is 12.8. The highest BCUT2D eigenvalue weighted by Crippen LogP contribution is 2.40. The van der Waals surface area contributed by atoms with Crippen molar-refractivity contribution < 1.29 is 14.7 Å². The molecule has 1 saturated heterocycles. The van der Waals surface area contributed by atoms with Gasteiger partial charge in [0.1, 0.15) is 6.04 Å². The molecule has 0 spiro atoms. The van der Waals surface area contributed by atoms with Crippen molar-refractivity contribution in [1.29, 1.82) is 0 Å². The summed E-state index contributed by atoms with van der Waals surface area (Å²) in [4.78, 5) is 29.7. The summed E-state index contributed by atoms with van der Waals surface area (Å²) in [6.45, 7) is 0. The molecule has 1 saturated carbocycles. The number of carbonyl (C=O) groups is 2. The molecule has 5 nitrogen and oxygen atoms in total. The van der Waals surface area contributed by atoms with Gasteiger partial charge in [0, 0.05) is 18.4 Å². The van der Waals surface area contributed by atoms with Crippen LogP contribution >= 0.6 is 11.6 Å². The summed E-state index contributed by atoms with van der Waals surface area (Å²) < 4.78 is 0. The summed E-state index contributed by atoms with van der Waals surface area (Å²) in [6.07, 6.45) is 7.51. The lowest BCUT2D eigenvalue weighted by Gasteiger charge is -2.33. The van der Waals surface area contributed by atoms with E-state index in [1.807, 2.05) is 0 Å². The maximum Gasteiger partial charge on any atom is 0.326 e. The van der Waals surface area contributed by atoms with Gasteiger partial charge in [0.15, 0.2) is 0 Å². The number of nitrogens with zero attached hydrogens (tertiary/aromatic N) is 2. The van der Waals surface area contributed by atoms with Crippen molar-refractivity contribution in [3.63, 3.8) is 0 Å². The van der Waals surface area contributed by atoms with Gasteiger partial charge in [0.2, 0.25) is 0 Å². The van der Waals surface area contributed by atoms with Crippen molar-refractivity contribution in [2.45, 2.75) is 44.2 Å². The SMILES string of the molecule is O=C(O)C1CC2CCCCC2N1C(=O)c1ccncc1Cl. The second-order valence-electron chi connectivity index (χ2n) is 5.77. The van der Waals surface area contributed by atoms with Crippen molar-refractivity contribution in [2.75, 3.05) is 0 Å². The van der Waals surface area contributed by atoms with Crippen molar-refractivity contribution in [1.82, 2.24) is 9.88 Å². The number of hydrogen-bond donors (Lipinski definition) is 1. The number of pyridine rings is 1. The molecule has 0 bridgehead atoms. The Kier molecular flexibility index (Phi) is 3.85. The molecule has 112 valence electrons. The van der Waals surface area contributed by atoms with E-state index in [4.69, 9.17) is 11.6 Å². The topological polar surface area (TPSA) is 70.5 Å². The Labute approximate surface area is 127 Å². The van der Waals surface area contributed by atoms with E-state index in [0.717, 1.165) is 25.7 Å². The van der Waals surface area contributed by atoms with Crippen LogP contribution in [0.1, 0.15) is 42.5 Å². The van der Waals surface area contributed by atoms with Crippen LogP contribution in [0.2, 0.25) is 5.02 Å². The molecule has 2 heterocycles. The average Bonchev–Trinajstić information content (AvgIpc) is 2.86. The van der Waals surface area contributed by atoms with E-state index in [1.165, 1.54) is 12.4 Å². The van der Waals surface area contributed by atoms with E-state index in [9.17, 15) is 14.7 Å². The van der Waals surface area contributed by atoms with E-state index >= 15 is 0 Å². The Hall–Kier alpha value is -1.62. The maximum atomic E-state index is 12.8. The van der Waals surface area contributed by atoms with Gasteiger partial charge in [-0.15, -0.1) is 0 Å². The first-order valence-corrected chi connectivity index (χ1v) is 7.62. The lowest BCUT2D eigenvalue weighted by molar-refractivity contribution is -0.141. The Morgan fingerprint density at radius 1 is 1.33 bits per heavy atom. The third-order valence-electron chi connectivity index (χ3n) is 4.61. The number of likely N-dealkylation sites (tertiary alicyclic amines) is 1. The number of hydrogen-bond acceptors (Lipinski definition) is 3. The van der Waals surface area contributed by atoms with Crippen LogP contribution in [-0.2, 0) is 4.79 Å². The predicted molar refractivity (Wildman–Crippen MR) is 77.2 cm³/mol. The average molecular weight is 309 g/mol. The van der Waals surface area contributed by atoms with Gasteiger partial charge in [-0.25, -0.2) is 4.79 Å². The fourth-order valence-corrected chi connectivity index (χ4v) is 3.86. The van der Waals surface area contributed by atoms with Crippen molar-refractivity contribution in [3.8, 4) is 0 Å². The second-order valence-corrected chi connectivity index (χ2v) is 6.18. The van der Waals surface area contributed by atoms with Crippen LogP contribution in [-0.4, -0.2) is 39.0 Å². The van der Waals surface area contributed by atoms with Crippen molar-refractivity contribution >= 4 is 23.5 Å². The fourth-order valence-electron chi connectivity index (χ4n) is 3.66. The van der Waals surface area contributed by atoms with Crippen LogP contribution < -0.4 is 0 Å². The monoisotopic (exact) mass is 308 g/mol. The molecule has 2 aliphatic rings. The van der Waals surface area contributed by atoms with Gasteiger partial charge in [0.25, 0.3) is 5.91 Å². The van der Waals surface area contributed by atoms with E-state index in [0.29, 0.717) is 17.9 Å². The summed E-state index contributed by atoms with van der Waals surface area (Å²) in [7, 11) is 0. The van der Waals surface area contributed by atoms with Crippen LogP contribution in [0.3, 0.4) is 0 Å². The highest BCUT2D eigenvalue weighted by molar-refractivity contribution is 6.33. The number of aliphatic carboxylic acids is 1. The Morgan fingerprint density at radius 2 is 2.10 bits per heavy atom. The molecule has 2 fully saturated rings. The second kappa shape index (κ2) is 5.64. The Bertz CT molecular complexity index is 578. The molecule has 6 heteroatoms. The molecule has 21 heavy (non-hydrogen) atoms. The van der Waals surface area contributed by atoms with Crippen molar-refractivity contribution in [2.24, 2.45) is 5.92 Å². The molecular formula is C15H17ClN2O3. The zero-order chi connectivity index (χ0) is 15.0. The van der Waals surface area contributed by atoms with Crippen molar-refractivity contribution in [3.05, 3.63) is 29.0 Å². The molecule has 3 atom stereocenters. The summed E-state index contributed by atoms with van der Waals surface area (Å²) in [5.74, 6) is -0.920. The summed E-state index contributed by atoms with van der Waals surface area (Å²) in [6, 6.07) is 0.839. The summed E-state index contributed by atoms with van der Waals surface area (Å²) >= 11 is 6.04. The minimum absolute atomic E-state index is 0.0246. The zero-order valence-corrected chi connectivity index (χ0v) is 12.3. The molecule has 1 aliphatic carbocycles.